The van der Waals surface area contributed by atoms with E-state index in [2.05, 4.69) is 45.0 Å². The van der Waals surface area contributed by atoms with Crippen LogP contribution in [0.4, 0.5) is 0 Å². The molecule has 0 saturated carbocycles. The SMILES string of the molecule is CC(C)(C)[Si](OC[C@H]1O[C@@H](O)[C@H](O)[C@@H](OCc2ccccc2)[C@H]1OC(=O)c1ccccc1)(c1ccccc1)c1ccccc1. The number of carbonyl (C=O) groups excluding carboxylic acids is 1. The van der Waals surface area contributed by atoms with Crippen LogP contribution >= 0.6 is 0 Å². The van der Waals surface area contributed by atoms with E-state index in [-0.39, 0.29) is 18.3 Å². The van der Waals surface area contributed by atoms with Crippen molar-refractivity contribution in [2.75, 3.05) is 6.61 Å². The third-order valence-electron chi connectivity index (χ3n) is 8.05. The average molecular weight is 613 g/mol. The minimum absolute atomic E-state index is 0.0189. The molecular weight excluding hydrogens is 572 g/mol. The minimum Gasteiger partial charge on any atom is -0.453 e. The van der Waals surface area contributed by atoms with Crippen molar-refractivity contribution in [2.24, 2.45) is 0 Å². The second kappa shape index (κ2) is 14.0. The molecule has 0 aromatic heterocycles. The van der Waals surface area contributed by atoms with Gasteiger partial charge in [0.25, 0.3) is 8.32 Å². The highest BCUT2D eigenvalue weighted by atomic mass is 28.4. The maximum atomic E-state index is 13.4. The fourth-order valence-electron chi connectivity index (χ4n) is 5.88. The summed E-state index contributed by atoms with van der Waals surface area (Å²) >= 11 is 0. The quantitative estimate of drug-likeness (QED) is 0.202. The lowest BCUT2D eigenvalue weighted by Crippen LogP contribution is -2.68. The molecule has 7 nitrogen and oxygen atoms in total. The normalized spacial score (nSPS) is 22.3. The summed E-state index contributed by atoms with van der Waals surface area (Å²) in [5, 5.41) is 23.8. The van der Waals surface area contributed by atoms with E-state index in [4.69, 9.17) is 18.6 Å². The average Bonchev–Trinajstić information content (AvgIpc) is 3.04. The van der Waals surface area contributed by atoms with E-state index in [1.165, 1.54) is 0 Å². The standard InChI is InChI=1S/C36H40O7Si/c1-36(2,3)44(28-20-12-6-13-21-28,29-22-14-7-15-23-29)41-25-30-32(43-34(38)27-18-10-5-11-19-27)33(31(37)35(39)42-30)40-24-26-16-8-4-9-17-26/h4-23,30-33,35,37,39H,24-25H2,1-3H3/t30-,31-,32+,33-,35-/m1/s1. The summed E-state index contributed by atoms with van der Waals surface area (Å²) < 4.78 is 25.3. The summed E-state index contributed by atoms with van der Waals surface area (Å²) in [4.78, 5) is 13.4. The lowest BCUT2D eigenvalue weighted by molar-refractivity contribution is -0.294. The van der Waals surface area contributed by atoms with Gasteiger partial charge in [-0.05, 0) is 33.1 Å². The highest BCUT2D eigenvalue weighted by Crippen LogP contribution is 2.38. The van der Waals surface area contributed by atoms with E-state index < -0.39 is 45.0 Å². The molecule has 0 amide bonds. The Kier molecular flexibility index (Phi) is 10.1. The van der Waals surface area contributed by atoms with Gasteiger partial charge in [-0.3, -0.25) is 0 Å². The molecule has 8 heteroatoms. The summed E-state index contributed by atoms with van der Waals surface area (Å²) in [6.45, 7) is 6.61. The molecule has 1 aliphatic rings. The molecule has 0 aliphatic carbocycles. The summed E-state index contributed by atoms with van der Waals surface area (Å²) in [5.74, 6) is -0.591. The summed E-state index contributed by atoms with van der Waals surface area (Å²) in [6, 6.07) is 38.4. The van der Waals surface area contributed by atoms with Crippen molar-refractivity contribution < 1.29 is 33.6 Å². The van der Waals surface area contributed by atoms with E-state index >= 15 is 0 Å². The molecule has 230 valence electrons. The van der Waals surface area contributed by atoms with Gasteiger partial charge in [-0.15, -0.1) is 0 Å². The van der Waals surface area contributed by atoms with Crippen LogP contribution in [0.1, 0.15) is 36.7 Å². The number of aliphatic hydroxyl groups is 2. The zero-order chi connectivity index (χ0) is 31.2. The summed E-state index contributed by atoms with van der Waals surface area (Å²) in [7, 11) is -3.00. The Balaban J connectivity index is 1.51. The van der Waals surface area contributed by atoms with Crippen LogP contribution < -0.4 is 10.4 Å². The van der Waals surface area contributed by atoms with Crippen LogP contribution in [-0.4, -0.2) is 61.8 Å². The fourth-order valence-corrected chi connectivity index (χ4v) is 10.4. The second-order valence-electron chi connectivity index (χ2n) is 12.0. The van der Waals surface area contributed by atoms with Crippen LogP contribution in [-0.2, 0) is 25.2 Å². The number of benzene rings is 4. The van der Waals surface area contributed by atoms with E-state index in [1.807, 2.05) is 72.8 Å². The Morgan fingerprint density at radius 1 is 0.750 bits per heavy atom. The largest absolute Gasteiger partial charge is 0.453 e. The molecule has 2 N–H and O–H groups in total. The van der Waals surface area contributed by atoms with E-state index in [0.717, 1.165) is 15.9 Å². The molecular formula is C36H40O7Si. The molecule has 44 heavy (non-hydrogen) atoms. The van der Waals surface area contributed by atoms with E-state index in [9.17, 15) is 15.0 Å². The molecule has 0 bridgehead atoms. The molecule has 1 saturated heterocycles. The maximum Gasteiger partial charge on any atom is 0.338 e. The van der Waals surface area contributed by atoms with Gasteiger partial charge in [0, 0.05) is 0 Å². The predicted molar refractivity (Wildman–Crippen MR) is 171 cm³/mol. The number of aliphatic hydroxyl groups excluding tert-OH is 2. The van der Waals surface area contributed by atoms with Crippen LogP contribution in [0.15, 0.2) is 121 Å². The smallest absolute Gasteiger partial charge is 0.338 e. The first-order valence-electron chi connectivity index (χ1n) is 14.9. The van der Waals surface area contributed by atoms with Crippen molar-refractivity contribution in [1.29, 1.82) is 0 Å². The third-order valence-corrected chi connectivity index (χ3v) is 13.1. The minimum atomic E-state index is -3.00. The fraction of sp³-hybridized carbons (Fsp3) is 0.306. The van der Waals surface area contributed by atoms with Gasteiger partial charge in [0.15, 0.2) is 12.4 Å². The van der Waals surface area contributed by atoms with Gasteiger partial charge in [0.2, 0.25) is 0 Å². The zero-order valence-electron chi connectivity index (χ0n) is 25.3. The Labute approximate surface area is 260 Å². The van der Waals surface area contributed by atoms with Crippen molar-refractivity contribution in [3.8, 4) is 0 Å². The van der Waals surface area contributed by atoms with Gasteiger partial charge in [-0.25, -0.2) is 4.79 Å². The Hall–Kier alpha value is -3.63. The highest BCUT2D eigenvalue weighted by Gasteiger charge is 2.53. The molecule has 0 radical (unpaired) electrons. The van der Waals surface area contributed by atoms with Crippen LogP contribution in [0.25, 0.3) is 0 Å². The Bertz CT molecular complexity index is 1420. The second-order valence-corrected chi connectivity index (χ2v) is 16.3. The third kappa shape index (κ3) is 6.86. The highest BCUT2D eigenvalue weighted by molar-refractivity contribution is 6.99. The monoisotopic (exact) mass is 612 g/mol. The van der Waals surface area contributed by atoms with Crippen LogP contribution in [0.2, 0.25) is 5.04 Å². The molecule has 0 spiro atoms. The molecule has 0 unspecified atom stereocenters. The first-order valence-corrected chi connectivity index (χ1v) is 16.8. The van der Waals surface area contributed by atoms with Gasteiger partial charge < -0.3 is 28.8 Å². The molecule has 4 aromatic carbocycles. The summed E-state index contributed by atoms with van der Waals surface area (Å²) in [6.07, 6.45) is -6.14. The van der Waals surface area contributed by atoms with Crippen LogP contribution in [0, 0.1) is 0 Å². The number of esters is 1. The number of rotatable bonds is 10. The molecule has 1 aliphatic heterocycles. The number of ether oxygens (including phenoxy) is 3. The summed E-state index contributed by atoms with van der Waals surface area (Å²) in [5.41, 5.74) is 1.22. The first-order chi connectivity index (χ1) is 21.2. The van der Waals surface area contributed by atoms with Gasteiger partial charge in [-0.1, -0.05) is 130 Å². The van der Waals surface area contributed by atoms with Gasteiger partial charge in [0.1, 0.15) is 18.3 Å². The molecule has 1 fully saturated rings. The van der Waals surface area contributed by atoms with Crippen LogP contribution in [0.3, 0.4) is 0 Å². The van der Waals surface area contributed by atoms with Gasteiger partial charge in [0.05, 0.1) is 18.8 Å². The van der Waals surface area contributed by atoms with Gasteiger partial charge in [-0.2, -0.15) is 0 Å². The molecule has 5 atom stereocenters. The van der Waals surface area contributed by atoms with Crippen molar-refractivity contribution in [1.82, 2.24) is 0 Å². The molecule has 1 heterocycles. The maximum absolute atomic E-state index is 13.4. The Morgan fingerprint density at radius 3 is 1.77 bits per heavy atom. The number of hydrogen-bond acceptors (Lipinski definition) is 7. The van der Waals surface area contributed by atoms with E-state index in [0.29, 0.717) is 5.56 Å². The van der Waals surface area contributed by atoms with Crippen LogP contribution in [0.5, 0.6) is 0 Å². The van der Waals surface area contributed by atoms with Crippen molar-refractivity contribution in [2.45, 2.75) is 63.1 Å². The van der Waals surface area contributed by atoms with Gasteiger partial charge >= 0.3 is 5.97 Å². The number of carbonyl (C=O) groups is 1. The predicted octanol–water partition coefficient (Wildman–Crippen LogP) is 4.45. The van der Waals surface area contributed by atoms with E-state index in [1.54, 1.807) is 24.3 Å². The first kappa shape index (κ1) is 31.8. The Morgan fingerprint density at radius 2 is 1.25 bits per heavy atom. The van der Waals surface area contributed by atoms with Crippen molar-refractivity contribution in [3.63, 3.8) is 0 Å². The topological polar surface area (TPSA) is 94.5 Å². The lowest BCUT2D eigenvalue weighted by Gasteiger charge is -2.46. The zero-order valence-corrected chi connectivity index (χ0v) is 26.3. The van der Waals surface area contributed by atoms with Crippen molar-refractivity contribution in [3.05, 3.63) is 132 Å². The molecule has 4 aromatic rings. The molecule has 5 rings (SSSR count). The number of hydrogen-bond donors (Lipinski definition) is 2. The lowest BCUT2D eigenvalue weighted by atomic mass is 9.98. The van der Waals surface area contributed by atoms with Crippen molar-refractivity contribution >= 4 is 24.7 Å².